The fourth-order valence-electron chi connectivity index (χ4n) is 3.77. The van der Waals surface area contributed by atoms with E-state index in [0.717, 1.165) is 23.0 Å². The molecule has 1 aromatic carbocycles. The van der Waals surface area contributed by atoms with Crippen LogP contribution in [0.25, 0.3) is 10.9 Å². The van der Waals surface area contributed by atoms with Crippen LogP contribution < -0.4 is 5.32 Å². The maximum Gasteiger partial charge on any atom is 0.224 e. The number of amides is 1. The molecule has 2 N–H and O–H groups in total. The number of nitrogens with zero attached hydrogens (tertiary/aromatic N) is 1. The molecule has 0 radical (unpaired) electrons. The van der Waals surface area contributed by atoms with E-state index < -0.39 is 0 Å². The fourth-order valence-corrected chi connectivity index (χ4v) is 3.77. The molecule has 24 heavy (non-hydrogen) atoms. The van der Waals surface area contributed by atoms with Crippen molar-refractivity contribution in [3.05, 3.63) is 36.0 Å². The monoisotopic (exact) mass is 327 g/mol. The molecule has 0 aliphatic carbocycles. The van der Waals surface area contributed by atoms with Crippen LogP contribution in [0.2, 0.25) is 0 Å². The molecule has 1 aliphatic heterocycles. The second-order valence-corrected chi connectivity index (χ2v) is 7.25. The van der Waals surface area contributed by atoms with Crippen LogP contribution >= 0.6 is 0 Å². The molecule has 1 fully saturated rings. The minimum atomic E-state index is 0.113. The number of aromatic amines is 1. The molecule has 3 rings (SSSR count). The van der Waals surface area contributed by atoms with Gasteiger partial charge in [-0.1, -0.05) is 38.5 Å². The molecule has 2 heterocycles. The molecule has 0 saturated carbocycles. The lowest BCUT2D eigenvalue weighted by Gasteiger charge is -2.37. The average molecular weight is 327 g/mol. The Morgan fingerprint density at radius 1 is 1.21 bits per heavy atom. The highest BCUT2D eigenvalue weighted by molar-refractivity contribution is 5.88. The zero-order chi connectivity index (χ0) is 16.9. The molecule has 1 atom stereocenters. The summed E-state index contributed by atoms with van der Waals surface area (Å²) in [6.45, 7) is 7.59. The number of para-hydroxylation sites is 1. The number of piperidine rings is 1. The van der Waals surface area contributed by atoms with Crippen LogP contribution in [0.1, 0.15) is 38.7 Å². The molecule has 130 valence electrons. The Labute approximate surface area is 144 Å². The predicted molar refractivity (Wildman–Crippen MR) is 99.1 cm³/mol. The standard InChI is InChI=1S/C20H29N3O/c1-15(2)19(23-10-6-3-7-11-23)14-22-20(24)12-16-13-21-18-9-5-4-8-17(16)18/h4-5,8-9,13,15,19,21H,3,6-7,10-12,14H2,1-2H3,(H,22,24). The van der Waals surface area contributed by atoms with E-state index in [1.54, 1.807) is 0 Å². The van der Waals surface area contributed by atoms with Gasteiger partial charge >= 0.3 is 0 Å². The number of hydrogen-bond acceptors (Lipinski definition) is 2. The molecule has 1 unspecified atom stereocenters. The van der Waals surface area contributed by atoms with E-state index >= 15 is 0 Å². The average Bonchev–Trinajstić information content (AvgIpc) is 2.99. The maximum atomic E-state index is 12.4. The van der Waals surface area contributed by atoms with Crippen molar-refractivity contribution in [3.63, 3.8) is 0 Å². The maximum absolute atomic E-state index is 12.4. The normalized spacial score (nSPS) is 17.3. The minimum absolute atomic E-state index is 0.113. The van der Waals surface area contributed by atoms with Crippen molar-refractivity contribution in [2.75, 3.05) is 19.6 Å². The highest BCUT2D eigenvalue weighted by Gasteiger charge is 2.23. The highest BCUT2D eigenvalue weighted by Crippen LogP contribution is 2.19. The molecule has 0 bridgehead atoms. The number of hydrogen-bond donors (Lipinski definition) is 2. The van der Waals surface area contributed by atoms with Crippen molar-refractivity contribution in [2.24, 2.45) is 5.92 Å². The summed E-state index contributed by atoms with van der Waals surface area (Å²) < 4.78 is 0. The number of aromatic nitrogens is 1. The Morgan fingerprint density at radius 2 is 1.96 bits per heavy atom. The first kappa shape index (κ1) is 17.0. The van der Waals surface area contributed by atoms with Crippen LogP contribution in [0, 0.1) is 5.92 Å². The first-order valence-electron chi connectivity index (χ1n) is 9.21. The zero-order valence-electron chi connectivity index (χ0n) is 14.8. The van der Waals surface area contributed by atoms with Gasteiger partial charge in [0.05, 0.1) is 6.42 Å². The van der Waals surface area contributed by atoms with Crippen molar-refractivity contribution in [2.45, 2.75) is 45.6 Å². The third-order valence-electron chi connectivity index (χ3n) is 5.16. The first-order valence-corrected chi connectivity index (χ1v) is 9.21. The van der Waals surface area contributed by atoms with Crippen LogP contribution in [0.3, 0.4) is 0 Å². The molecule has 1 aromatic heterocycles. The highest BCUT2D eigenvalue weighted by atomic mass is 16.1. The number of fused-ring (bicyclic) bond motifs is 1. The fraction of sp³-hybridized carbons (Fsp3) is 0.550. The lowest BCUT2D eigenvalue weighted by Crippen LogP contribution is -2.49. The van der Waals surface area contributed by atoms with Gasteiger partial charge in [-0.3, -0.25) is 9.69 Å². The number of carbonyl (C=O) groups excluding carboxylic acids is 1. The van der Waals surface area contributed by atoms with Gasteiger partial charge in [-0.25, -0.2) is 0 Å². The van der Waals surface area contributed by atoms with E-state index in [2.05, 4.69) is 35.1 Å². The Morgan fingerprint density at radius 3 is 2.71 bits per heavy atom. The summed E-state index contributed by atoms with van der Waals surface area (Å²) in [5.74, 6) is 0.666. The first-order chi connectivity index (χ1) is 11.6. The summed E-state index contributed by atoms with van der Waals surface area (Å²) in [5.41, 5.74) is 2.16. The molecule has 2 aromatic rings. The number of carbonyl (C=O) groups is 1. The number of nitrogens with one attached hydrogen (secondary N) is 2. The Kier molecular flexibility index (Phi) is 5.56. The SMILES string of the molecule is CC(C)C(CNC(=O)Cc1c[nH]c2ccccc12)N1CCCCC1. The second-order valence-electron chi connectivity index (χ2n) is 7.25. The van der Waals surface area contributed by atoms with Crippen LogP contribution in [-0.4, -0.2) is 41.5 Å². The van der Waals surface area contributed by atoms with Gasteiger partial charge in [-0.2, -0.15) is 0 Å². The van der Waals surface area contributed by atoms with Gasteiger partial charge in [-0.15, -0.1) is 0 Å². The van der Waals surface area contributed by atoms with Crippen LogP contribution in [0.15, 0.2) is 30.5 Å². The Hall–Kier alpha value is -1.81. The van der Waals surface area contributed by atoms with Gasteiger partial charge in [0.25, 0.3) is 0 Å². The van der Waals surface area contributed by atoms with E-state index in [4.69, 9.17) is 0 Å². The minimum Gasteiger partial charge on any atom is -0.361 e. The summed E-state index contributed by atoms with van der Waals surface area (Å²) in [5, 5.41) is 4.31. The van der Waals surface area contributed by atoms with E-state index in [1.807, 2.05) is 24.4 Å². The summed E-state index contributed by atoms with van der Waals surface area (Å²) in [6.07, 6.45) is 6.30. The molecule has 4 heteroatoms. The van der Waals surface area contributed by atoms with Crippen LogP contribution in [0.5, 0.6) is 0 Å². The Bertz CT molecular complexity index is 670. The Balaban J connectivity index is 1.57. The van der Waals surface area contributed by atoms with Gasteiger partial charge in [0.1, 0.15) is 0 Å². The number of H-pyrrole nitrogens is 1. The van der Waals surface area contributed by atoms with E-state index in [9.17, 15) is 4.79 Å². The quantitative estimate of drug-likeness (QED) is 0.855. The van der Waals surface area contributed by atoms with E-state index in [-0.39, 0.29) is 5.91 Å². The van der Waals surface area contributed by atoms with Crippen molar-refractivity contribution in [1.82, 2.24) is 15.2 Å². The summed E-state index contributed by atoms with van der Waals surface area (Å²) in [7, 11) is 0. The van der Waals surface area contributed by atoms with Crippen molar-refractivity contribution in [1.29, 1.82) is 0 Å². The molecule has 4 nitrogen and oxygen atoms in total. The number of likely N-dealkylation sites (tertiary alicyclic amines) is 1. The van der Waals surface area contributed by atoms with Gasteiger partial charge in [0, 0.05) is 29.7 Å². The van der Waals surface area contributed by atoms with Crippen molar-refractivity contribution >= 4 is 16.8 Å². The van der Waals surface area contributed by atoms with E-state index in [0.29, 0.717) is 18.4 Å². The topological polar surface area (TPSA) is 48.1 Å². The zero-order valence-corrected chi connectivity index (χ0v) is 14.8. The smallest absolute Gasteiger partial charge is 0.224 e. The third kappa shape index (κ3) is 3.99. The van der Waals surface area contributed by atoms with Gasteiger partial charge in [0.2, 0.25) is 5.91 Å². The molecule has 1 aliphatic rings. The largest absolute Gasteiger partial charge is 0.361 e. The molecule has 1 amide bonds. The lowest BCUT2D eigenvalue weighted by molar-refractivity contribution is -0.120. The third-order valence-corrected chi connectivity index (χ3v) is 5.16. The van der Waals surface area contributed by atoms with Crippen LogP contribution in [-0.2, 0) is 11.2 Å². The van der Waals surface area contributed by atoms with Crippen molar-refractivity contribution in [3.8, 4) is 0 Å². The molecule has 1 saturated heterocycles. The van der Waals surface area contributed by atoms with E-state index in [1.165, 1.54) is 32.4 Å². The number of benzene rings is 1. The summed E-state index contributed by atoms with van der Waals surface area (Å²) >= 11 is 0. The van der Waals surface area contributed by atoms with Gasteiger partial charge < -0.3 is 10.3 Å². The molecular formula is C20H29N3O. The predicted octanol–water partition coefficient (Wildman–Crippen LogP) is 3.34. The van der Waals surface area contributed by atoms with Gasteiger partial charge in [0.15, 0.2) is 0 Å². The van der Waals surface area contributed by atoms with Gasteiger partial charge in [-0.05, 0) is 43.5 Å². The lowest BCUT2D eigenvalue weighted by atomic mass is 9.99. The van der Waals surface area contributed by atoms with Crippen LogP contribution in [0.4, 0.5) is 0 Å². The molecular weight excluding hydrogens is 298 g/mol. The number of rotatable bonds is 6. The summed E-state index contributed by atoms with van der Waals surface area (Å²) in [4.78, 5) is 18.2. The molecule has 0 spiro atoms. The summed E-state index contributed by atoms with van der Waals surface area (Å²) in [6, 6.07) is 8.58. The second kappa shape index (κ2) is 7.84. The van der Waals surface area contributed by atoms with Crippen molar-refractivity contribution < 1.29 is 4.79 Å².